The molecule has 1 saturated heterocycles. The van der Waals surface area contributed by atoms with E-state index >= 15 is 0 Å². The van der Waals surface area contributed by atoms with Crippen molar-refractivity contribution in [1.29, 1.82) is 0 Å². The minimum atomic E-state index is -0.787. The van der Waals surface area contributed by atoms with Crippen LogP contribution >= 0.6 is 0 Å². The maximum absolute atomic E-state index is 11.9. The second-order valence-electron chi connectivity index (χ2n) is 5.25. The van der Waals surface area contributed by atoms with E-state index in [0.29, 0.717) is 26.2 Å². The first-order valence-corrected chi connectivity index (χ1v) is 7.45. The zero-order valence-electron chi connectivity index (χ0n) is 12.3. The van der Waals surface area contributed by atoms with Crippen molar-refractivity contribution in [2.75, 3.05) is 32.8 Å². The van der Waals surface area contributed by atoms with Crippen molar-refractivity contribution >= 4 is 12.0 Å². The molecule has 0 aromatic rings. The molecule has 1 rings (SSSR count). The fraction of sp³-hybridized carbons (Fsp3) is 0.857. The Labute approximate surface area is 120 Å². The summed E-state index contributed by atoms with van der Waals surface area (Å²) in [5.41, 5.74) is 0. The van der Waals surface area contributed by atoms with Crippen LogP contribution < -0.4 is 5.32 Å². The van der Waals surface area contributed by atoms with E-state index in [1.165, 1.54) is 0 Å². The normalized spacial score (nSPS) is 18.9. The largest absolute Gasteiger partial charge is 0.481 e. The average molecular weight is 286 g/mol. The van der Waals surface area contributed by atoms with Gasteiger partial charge in [0, 0.05) is 39.3 Å². The number of likely N-dealkylation sites (tertiary alicyclic amines) is 1. The standard InChI is InChI=1S/C14H26N2O4/c1-2-8-20-9-4-6-15-14(19)16-7-3-5-12(11-16)10-13(17)18/h12H,2-11H2,1H3,(H,15,19)(H,17,18). The second kappa shape index (κ2) is 9.58. The van der Waals surface area contributed by atoms with Crippen LogP contribution in [0.2, 0.25) is 0 Å². The molecule has 1 heterocycles. The fourth-order valence-corrected chi connectivity index (χ4v) is 2.39. The highest BCUT2D eigenvalue weighted by molar-refractivity contribution is 5.74. The number of carboxylic acid groups (broad SMARTS) is 1. The number of nitrogens with one attached hydrogen (secondary N) is 1. The summed E-state index contributed by atoms with van der Waals surface area (Å²) in [5, 5.41) is 11.7. The first kappa shape index (κ1) is 16.8. The lowest BCUT2D eigenvalue weighted by Gasteiger charge is -2.32. The van der Waals surface area contributed by atoms with Gasteiger partial charge in [0.2, 0.25) is 0 Å². The van der Waals surface area contributed by atoms with Crippen LogP contribution in [0.1, 0.15) is 39.0 Å². The van der Waals surface area contributed by atoms with Gasteiger partial charge < -0.3 is 20.1 Å². The van der Waals surface area contributed by atoms with E-state index in [-0.39, 0.29) is 18.4 Å². The number of piperidine rings is 1. The van der Waals surface area contributed by atoms with Gasteiger partial charge in [-0.2, -0.15) is 0 Å². The van der Waals surface area contributed by atoms with Crippen LogP contribution in [0.15, 0.2) is 0 Å². The first-order chi connectivity index (χ1) is 9.63. The molecule has 0 saturated carbocycles. The Kier molecular flexibility index (Phi) is 8.02. The molecule has 116 valence electrons. The van der Waals surface area contributed by atoms with Gasteiger partial charge in [-0.05, 0) is 31.6 Å². The van der Waals surface area contributed by atoms with E-state index in [1.807, 2.05) is 0 Å². The lowest BCUT2D eigenvalue weighted by atomic mass is 9.95. The van der Waals surface area contributed by atoms with Crippen LogP contribution in [0, 0.1) is 5.92 Å². The zero-order valence-corrected chi connectivity index (χ0v) is 12.3. The molecule has 1 atom stereocenters. The molecule has 0 aromatic carbocycles. The van der Waals surface area contributed by atoms with Crippen LogP contribution in [-0.4, -0.2) is 54.9 Å². The summed E-state index contributed by atoms with van der Waals surface area (Å²) >= 11 is 0. The highest BCUT2D eigenvalue weighted by Gasteiger charge is 2.24. The number of rotatable bonds is 8. The van der Waals surface area contributed by atoms with Crippen LogP contribution in [0.4, 0.5) is 4.79 Å². The summed E-state index contributed by atoms with van der Waals surface area (Å²) in [6.45, 7) is 5.35. The Morgan fingerprint density at radius 1 is 1.40 bits per heavy atom. The number of nitrogens with zero attached hydrogens (tertiary/aromatic N) is 1. The molecule has 0 spiro atoms. The van der Waals surface area contributed by atoms with Crippen molar-refractivity contribution < 1.29 is 19.4 Å². The number of urea groups is 1. The van der Waals surface area contributed by atoms with Gasteiger partial charge in [-0.25, -0.2) is 4.79 Å². The van der Waals surface area contributed by atoms with Crippen molar-refractivity contribution in [3.8, 4) is 0 Å². The minimum Gasteiger partial charge on any atom is -0.481 e. The molecule has 20 heavy (non-hydrogen) atoms. The molecule has 1 aliphatic heterocycles. The number of ether oxygens (including phenoxy) is 1. The quantitative estimate of drug-likeness (QED) is 0.666. The van der Waals surface area contributed by atoms with Crippen LogP contribution in [0.3, 0.4) is 0 Å². The maximum Gasteiger partial charge on any atom is 0.317 e. The number of carbonyl (C=O) groups is 2. The number of hydrogen-bond acceptors (Lipinski definition) is 3. The summed E-state index contributed by atoms with van der Waals surface area (Å²) in [6.07, 6.45) is 3.73. The van der Waals surface area contributed by atoms with Crippen molar-refractivity contribution in [3.05, 3.63) is 0 Å². The lowest BCUT2D eigenvalue weighted by Crippen LogP contribution is -2.46. The SMILES string of the molecule is CCCOCCCNC(=O)N1CCCC(CC(=O)O)C1. The minimum absolute atomic E-state index is 0.0832. The number of carboxylic acids is 1. The molecule has 0 aromatic heterocycles. The van der Waals surface area contributed by atoms with E-state index in [9.17, 15) is 9.59 Å². The van der Waals surface area contributed by atoms with Gasteiger partial charge >= 0.3 is 12.0 Å². The van der Waals surface area contributed by atoms with Gasteiger partial charge in [0.15, 0.2) is 0 Å². The Balaban J connectivity index is 2.17. The summed E-state index contributed by atoms with van der Waals surface area (Å²) in [7, 11) is 0. The molecule has 1 fully saturated rings. The van der Waals surface area contributed by atoms with Crippen molar-refractivity contribution in [2.24, 2.45) is 5.92 Å². The van der Waals surface area contributed by atoms with Crippen molar-refractivity contribution in [2.45, 2.75) is 39.0 Å². The average Bonchev–Trinajstić information content (AvgIpc) is 2.42. The Morgan fingerprint density at radius 2 is 2.20 bits per heavy atom. The van der Waals surface area contributed by atoms with E-state index in [1.54, 1.807) is 4.90 Å². The van der Waals surface area contributed by atoms with Gasteiger partial charge in [0.25, 0.3) is 0 Å². The molecule has 2 amide bonds. The molecule has 0 bridgehead atoms. The molecule has 6 nitrogen and oxygen atoms in total. The van der Waals surface area contributed by atoms with Gasteiger partial charge in [-0.3, -0.25) is 4.79 Å². The number of aliphatic carboxylic acids is 1. The predicted molar refractivity (Wildman–Crippen MR) is 75.7 cm³/mol. The Hall–Kier alpha value is -1.30. The van der Waals surface area contributed by atoms with E-state index in [4.69, 9.17) is 9.84 Å². The molecule has 0 radical (unpaired) electrons. The summed E-state index contributed by atoms with van der Waals surface area (Å²) in [4.78, 5) is 24.4. The predicted octanol–water partition coefficient (Wildman–Crippen LogP) is 1.70. The Morgan fingerprint density at radius 3 is 2.90 bits per heavy atom. The van der Waals surface area contributed by atoms with E-state index in [2.05, 4.69) is 12.2 Å². The molecule has 0 aliphatic carbocycles. The van der Waals surface area contributed by atoms with Crippen LogP contribution in [-0.2, 0) is 9.53 Å². The third kappa shape index (κ3) is 6.75. The summed E-state index contributed by atoms with van der Waals surface area (Å²) in [6, 6.07) is -0.0874. The third-order valence-electron chi connectivity index (χ3n) is 3.36. The molecule has 1 unspecified atom stereocenters. The third-order valence-corrected chi connectivity index (χ3v) is 3.36. The second-order valence-corrected chi connectivity index (χ2v) is 5.25. The number of hydrogen-bond donors (Lipinski definition) is 2. The summed E-state index contributed by atoms with van der Waals surface area (Å²) < 4.78 is 5.34. The molecular weight excluding hydrogens is 260 g/mol. The van der Waals surface area contributed by atoms with Crippen molar-refractivity contribution in [1.82, 2.24) is 10.2 Å². The van der Waals surface area contributed by atoms with Gasteiger partial charge in [0.1, 0.15) is 0 Å². The lowest BCUT2D eigenvalue weighted by molar-refractivity contribution is -0.138. The zero-order chi connectivity index (χ0) is 14.8. The molecule has 1 aliphatic rings. The highest BCUT2D eigenvalue weighted by Crippen LogP contribution is 2.19. The van der Waals surface area contributed by atoms with Gasteiger partial charge in [-0.1, -0.05) is 6.92 Å². The molecular formula is C14H26N2O4. The van der Waals surface area contributed by atoms with Gasteiger partial charge in [-0.15, -0.1) is 0 Å². The molecule has 6 heteroatoms. The highest BCUT2D eigenvalue weighted by atomic mass is 16.5. The summed E-state index contributed by atoms with van der Waals surface area (Å²) in [5.74, 6) is -0.704. The number of amides is 2. The smallest absolute Gasteiger partial charge is 0.317 e. The van der Waals surface area contributed by atoms with E-state index < -0.39 is 5.97 Å². The monoisotopic (exact) mass is 286 g/mol. The van der Waals surface area contributed by atoms with Gasteiger partial charge in [0.05, 0.1) is 0 Å². The van der Waals surface area contributed by atoms with Crippen LogP contribution in [0.25, 0.3) is 0 Å². The topological polar surface area (TPSA) is 78.9 Å². The number of carbonyl (C=O) groups excluding carboxylic acids is 1. The molecule has 2 N–H and O–H groups in total. The Bertz CT molecular complexity index is 310. The maximum atomic E-state index is 11.9. The fourth-order valence-electron chi connectivity index (χ4n) is 2.39. The van der Waals surface area contributed by atoms with Crippen LogP contribution in [0.5, 0.6) is 0 Å². The first-order valence-electron chi connectivity index (χ1n) is 7.45. The van der Waals surface area contributed by atoms with E-state index in [0.717, 1.165) is 32.3 Å². The van der Waals surface area contributed by atoms with Crippen molar-refractivity contribution in [3.63, 3.8) is 0 Å².